The molecule has 0 amide bonds. The van der Waals surface area contributed by atoms with Crippen molar-refractivity contribution in [3.05, 3.63) is 102 Å². The molecule has 0 saturated carbocycles. The molecule has 2 aromatic carbocycles. The molecular weight excluding hydrogens is 320 g/mol. The zero-order valence-corrected chi connectivity index (χ0v) is 14.5. The molecule has 4 rings (SSSR count). The van der Waals surface area contributed by atoms with Gasteiger partial charge in [-0.1, -0.05) is 60.7 Å². The van der Waals surface area contributed by atoms with Crippen molar-refractivity contribution in [1.29, 1.82) is 5.26 Å². The lowest BCUT2D eigenvalue weighted by Gasteiger charge is -2.18. The van der Waals surface area contributed by atoms with Gasteiger partial charge in [0.05, 0.1) is 17.1 Å². The average molecular weight is 338 g/mol. The van der Waals surface area contributed by atoms with E-state index in [1.165, 1.54) is 0 Å². The minimum Gasteiger partial charge on any atom is -0.372 e. The molecule has 0 N–H and O–H groups in total. The molecule has 3 nitrogen and oxygen atoms in total. The van der Waals surface area contributed by atoms with Crippen LogP contribution in [0.3, 0.4) is 0 Å². The molecule has 0 fully saturated rings. The van der Waals surface area contributed by atoms with Crippen LogP contribution in [-0.4, -0.2) is 11.5 Å². The fourth-order valence-electron chi connectivity index (χ4n) is 3.43. The maximum absolute atomic E-state index is 9.33. The Balaban J connectivity index is 2.02. The normalized spacial score (nSPS) is 12.0. The van der Waals surface area contributed by atoms with Gasteiger partial charge in [-0.05, 0) is 23.3 Å². The highest BCUT2D eigenvalue weighted by atomic mass is 16.5. The number of pyridine rings is 1. The summed E-state index contributed by atoms with van der Waals surface area (Å²) in [6.45, 7) is 0. The molecule has 0 radical (unpaired) electrons. The standard InChI is InChI=1S/C23H18N2O/c1-26-23(19-10-6-3-7-11-19)22-20(18-8-4-2-5-9-18)16-25-13-12-17(15-24)14-21(22)25/h2-14,16,23H,1H3. The predicted molar refractivity (Wildman–Crippen MR) is 103 cm³/mol. The molecule has 0 aliphatic carbocycles. The van der Waals surface area contributed by atoms with E-state index in [1.54, 1.807) is 7.11 Å². The highest BCUT2D eigenvalue weighted by molar-refractivity contribution is 5.79. The lowest BCUT2D eigenvalue weighted by atomic mass is 9.95. The summed E-state index contributed by atoms with van der Waals surface area (Å²) in [6, 6.07) is 26.4. The lowest BCUT2D eigenvalue weighted by Crippen LogP contribution is -2.04. The summed E-state index contributed by atoms with van der Waals surface area (Å²) in [4.78, 5) is 0. The number of nitriles is 1. The van der Waals surface area contributed by atoms with E-state index in [0.717, 1.165) is 27.8 Å². The molecule has 0 aliphatic rings. The average Bonchev–Trinajstić information content (AvgIpc) is 3.09. The van der Waals surface area contributed by atoms with E-state index in [1.807, 2.05) is 54.7 Å². The minimum absolute atomic E-state index is 0.217. The topological polar surface area (TPSA) is 37.4 Å². The summed E-state index contributed by atoms with van der Waals surface area (Å²) in [7, 11) is 1.73. The van der Waals surface area contributed by atoms with Crippen molar-refractivity contribution >= 4 is 5.52 Å². The Labute approximate surface area is 152 Å². The van der Waals surface area contributed by atoms with E-state index in [-0.39, 0.29) is 6.10 Å². The molecule has 0 aliphatic heterocycles. The summed E-state index contributed by atoms with van der Waals surface area (Å²) in [6.07, 6.45) is 3.82. The maximum Gasteiger partial charge on any atom is 0.110 e. The zero-order chi connectivity index (χ0) is 17.9. The van der Waals surface area contributed by atoms with Crippen LogP contribution in [0.1, 0.15) is 22.8 Å². The number of hydrogen-bond acceptors (Lipinski definition) is 2. The van der Waals surface area contributed by atoms with Crippen molar-refractivity contribution < 1.29 is 4.74 Å². The van der Waals surface area contributed by atoms with Gasteiger partial charge in [0.25, 0.3) is 0 Å². The Kier molecular flexibility index (Phi) is 4.27. The predicted octanol–water partition coefficient (Wildman–Crippen LogP) is 5.21. The van der Waals surface area contributed by atoms with Crippen LogP contribution in [0.4, 0.5) is 0 Å². The smallest absolute Gasteiger partial charge is 0.110 e. The highest BCUT2D eigenvalue weighted by Crippen LogP contribution is 2.38. The van der Waals surface area contributed by atoms with Crippen LogP contribution < -0.4 is 0 Å². The van der Waals surface area contributed by atoms with Crippen molar-refractivity contribution in [1.82, 2.24) is 4.40 Å². The molecule has 3 heteroatoms. The van der Waals surface area contributed by atoms with E-state index >= 15 is 0 Å². The van der Waals surface area contributed by atoms with Crippen molar-refractivity contribution in [2.45, 2.75) is 6.10 Å². The largest absolute Gasteiger partial charge is 0.372 e. The molecule has 4 aromatic rings. The second-order valence-corrected chi connectivity index (χ2v) is 6.17. The number of nitrogens with zero attached hydrogens (tertiary/aromatic N) is 2. The van der Waals surface area contributed by atoms with E-state index in [4.69, 9.17) is 4.74 Å². The third kappa shape index (κ3) is 2.77. The van der Waals surface area contributed by atoms with Crippen molar-refractivity contribution in [2.24, 2.45) is 0 Å². The third-order valence-corrected chi connectivity index (χ3v) is 4.63. The molecule has 2 aromatic heterocycles. The Morgan fingerprint density at radius 1 is 0.962 bits per heavy atom. The first-order valence-electron chi connectivity index (χ1n) is 8.49. The number of rotatable bonds is 4. The monoisotopic (exact) mass is 338 g/mol. The molecule has 2 heterocycles. The Bertz CT molecular complexity index is 1080. The second kappa shape index (κ2) is 6.87. The number of hydrogen-bond donors (Lipinski definition) is 0. The first-order valence-corrected chi connectivity index (χ1v) is 8.49. The fourth-order valence-corrected chi connectivity index (χ4v) is 3.43. The van der Waals surface area contributed by atoms with E-state index in [2.05, 4.69) is 40.9 Å². The molecule has 0 bridgehead atoms. The lowest BCUT2D eigenvalue weighted by molar-refractivity contribution is 0.138. The molecular formula is C23H18N2O. The van der Waals surface area contributed by atoms with E-state index < -0.39 is 0 Å². The van der Waals surface area contributed by atoms with E-state index in [0.29, 0.717) is 5.56 Å². The maximum atomic E-state index is 9.33. The molecule has 26 heavy (non-hydrogen) atoms. The van der Waals surface area contributed by atoms with Gasteiger partial charge in [-0.15, -0.1) is 0 Å². The molecule has 1 atom stereocenters. The van der Waals surface area contributed by atoms with Gasteiger partial charge in [0.2, 0.25) is 0 Å². The van der Waals surface area contributed by atoms with Gasteiger partial charge in [0.15, 0.2) is 0 Å². The van der Waals surface area contributed by atoms with Crippen LogP contribution in [0, 0.1) is 11.3 Å². The van der Waals surface area contributed by atoms with Gasteiger partial charge in [0, 0.05) is 30.6 Å². The van der Waals surface area contributed by atoms with Gasteiger partial charge >= 0.3 is 0 Å². The van der Waals surface area contributed by atoms with Crippen molar-refractivity contribution in [3.8, 4) is 17.2 Å². The van der Waals surface area contributed by atoms with Crippen LogP contribution in [0.25, 0.3) is 16.6 Å². The zero-order valence-electron chi connectivity index (χ0n) is 14.5. The van der Waals surface area contributed by atoms with Gasteiger partial charge in [-0.2, -0.15) is 5.26 Å². The first-order chi connectivity index (χ1) is 12.8. The van der Waals surface area contributed by atoms with Crippen molar-refractivity contribution in [3.63, 3.8) is 0 Å². The number of aromatic nitrogens is 1. The molecule has 126 valence electrons. The Morgan fingerprint density at radius 3 is 2.31 bits per heavy atom. The van der Waals surface area contributed by atoms with Gasteiger partial charge < -0.3 is 9.14 Å². The van der Waals surface area contributed by atoms with Gasteiger partial charge in [-0.3, -0.25) is 0 Å². The van der Waals surface area contributed by atoms with Crippen LogP contribution in [-0.2, 0) is 4.74 Å². The Morgan fingerprint density at radius 2 is 1.65 bits per heavy atom. The SMILES string of the molecule is COC(c1ccccc1)c1c(-c2ccccc2)cn2ccc(C#N)cc12. The number of benzene rings is 2. The number of ether oxygens (including phenoxy) is 1. The second-order valence-electron chi connectivity index (χ2n) is 6.17. The summed E-state index contributed by atoms with van der Waals surface area (Å²) in [5.74, 6) is 0. The fraction of sp³-hybridized carbons (Fsp3) is 0.0870. The first kappa shape index (κ1) is 16.1. The third-order valence-electron chi connectivity index (χ3n) is 4.63. The number of fused-ring (bicyclic) bond motifs is 1. The molecule has 1 unspecified atom stereocenters. The Hall–Kier alpha value is -3.35. The quantitative estimate of drug-likeness (QED) is 0.512. The van der Waals surface area contributed by atoms with Crippen LogP contribution in [0.2, 0.25) is 0 Å². The van der Waals surface area contributed by atoms with Crippen LogP contribution in [0.5, 0.6) is 0 Å². The summed E-state index contributed by atoms with van der Waals surface area (Å²) < 4.78 is 7.99. The highest BCUT2D eigenvalue weighted by Gasteiger charge is 2.23. The van der Waals surface area contributed by atoms with Crippen molar-refractivity contribution in [2.75, 3.05) is 7.11 Å². The van der Waals surface area contributed by atoms with Crippen LogP contribution >= 0.6 is 0 Å². The van der Waals surface area contributed by atoms with Gasteiger partial charge in [0.1, 0.15) is 6.10 Å². The number of methoxy groups -OCH3 is 1. The summed E-state index contributed by atoms with van der Waals surface area (Å²) in [5.41, 5.74) is 6.02. The minimum atomic E-state index is -0.217. The van der Waals surface area contributed by atoms with E-state index in [9.17, 15) is 5.26 Å². The molecule has 0 saturated heterocycles. The summed E-state index contributed by atoms with van der Waals surface area (Å²) in [5, 5.41) is 9.33. The summed E-state index contributed by atoms with van der Waals surface area (Å²) >= 11 is 0. The molecule has 0 spiro atoms. The van der Waals surface area contributed by atoms with Crippen LogP contribution in [0.15, 0.2) is 85.2 Å². The van der Waals surface area contributed by atoms with Gasteiger partial charge in [-0.25, -0.2) is 0 Å².